The Morgan fingerprint density at radius 2 is 1.17 bits per heavy atom. The molecule has 3 amide bonds. The second-order valence-corrected chi connectivity index (χ2v) is 13.5. The molecule has 0 atom stereocenters. The van der Waals surface area contributed by atoms with E-state index < -0.39 is 5.60 Å². The van der Waals surface area contributed by atoms with Crippen LogP contribution in [0.1, 0.15) is 50.5 Å². The minimum atomic E-state index is -0.533. The number of rotatable bonds is 12. The number of hydrogen-bond acceptors (Lipinski definition) is 7. The van der Waals surface area contributed by atoms with Gasteiger partial charge in [-0.15, -0.1) is 0 Å². The van der Waals surface area contributed by atoms with Gasteiger partial charge in [-0.25, -0.2) is 4.79 Å². The number of nitrogens with one attached hydrogen (secondary N) is 1. The molecule has 276 valence electrons. The topological polar surface area (TPSA) is 101 Å². The monoisotopic (exact) mass is 708 g/mol. The standard InChI is InChI=1S/C23H28N2O4.C18H20N2O2.CH4/c1-23(2,3)29-22(27)24(4)13-14-28-20-12-8-11-19-18(20)15-21(26)25(19)16-17-9-6-5-7-10-17;1-19-10-11-22-17-9-5-8-16-15(17)12-18(21)20(16)13-14-6-3-2-4-7-14;/h5-12H,13-16H2,1-4H3;2-9,19H,10-13H2,1H3;1H4. The third kappa shape index (κ3) is 10.4. The quantitative estimate of drug-likeness (QED) is 0.158. The van der Waals surface area contributed by atoms with Crippen LogP contribution in [0.5, 0.6) is 11.5 Å². The summed E-state index contributed by atoms with van der Waals surface area (Å²) in [5, 5.41) is 3.05. The molecule has 1 N–H and O–H groups in total. The van der Waals surface area contributed by atoms with E-state index in [1.54, 1.807) is 11.9 Å². The summed E-state index contributed by atoms with van der Waals surface area (Å²) >= 11 is 0. The molecule has 0 fully saturated rings. The number of benzene rings is 4. The molecular formula is C42H52N4O6. The van der Waals surface area contributed by atoms with Gasteiger partial charge in [-0.3, -0.25) is 9.59 Å². The van der Waals surface area contributed by atoms with Crippen molar-refractivity contribution in [1.82, 2.24) is 10.2 Å². The van der Waals surface area contributed by atoms with E-state index in [-0.39, 0.29) is 25.3 Å². The van der Waals surface area contributed by atoms with Crippen LogP contribution in [0.3, 0.4) is 0 Å². The highest BCUT2D eigenvalue weighted by atomic mass is 16.6. The van der Waals surface area contributed by atoms with Gasteiger partial charge in [0.25, 0.3) is 0 Å². The molecule has 2 aliphatic heterocycles. The summed E-state index contributed by atoms with van der Waals surface area (Å²) < 4.78 is 17.1. The zero-order chi connectivity index (χ0) is 36.4. The van der Waals surface area contributed by atoms with Crippen molar-refractivity contribution in [2.24, 2.45) is 0 Å². The predicted octanol–water partition coefficient (Wildman–Crippen LogP) is 7.03. The first-order chi connectivity index (χ1) is 24.5. The van der Waals surface area contributed by atoms with Crippen LogP contribution in [0.4, 0.5) is 16.2 Å². The van der Waals surface area contributed by atoms with E-state index in [2.05, 4.69) is 5.32 Å². The van der Waals surface area contributed by atoms with Gasteiger partial charge in [-0.2, -0.15) is 0 Å². The number of likely N-dealkylation sites (N-methyl/N-ethyl adjacent to an activating group) is 2. The summed E-state index contributed by atoms with van der Waals surface area (Å²) in [6.07, 6.45) is 0.349. The number of ether oxygens (including phenoxy) is 3. The zero-order valence-electron chi connectivity index (χ0n) is 30.2. The number of carbonyl (C=O) groups is 3. The molecule has 6 rings (SSSR count). The molecule has 10 nitrogen and oxygen atoms in total. The van der Waals surface area contributed by atoms with Crippen LogP contribution >= 0.6 is 0 Å². The first-order valence-corrected chi connectivity index (χ1v) is 17.3. The van der Waals surface area contributed by atoms with Gasteiger partial charge in [-0.1, -0.05) is 80.2 Å². The Balaban J connectivity index is 0.000000236. The second-order valence-electron chi connectivity index (χ2n) is 13.5. The second kappa shape index (κ2) is 18.2. The number of hydrogen-bond donors (Lipinski definition) is 1. The summed E-state index contributed by atoms with van der Waals surface area (Å²) in [5.41, 5.74) is 5.43. The molecular weight excluding hydrogens is 656 g/mol. The molecule has 2 heterocycles. The molecule has 0 aliphatic carbocycles. The van der Waals surface area contributed by atoms with E-state index in [0.29, 0.717) is 51.4 Å². The Labute approximate surface area is 308 Å². The van der Waals surface area contributed by atoms with Crippen molar-refractivity contribution in [2.75, 3.05) is 50.2 Å². The van der Waals surface area contributed by atoms with Gasteiger partial charge < -0.3 is 34.2 Å². The molecule has 0 bridgehead atoms. The van der Waals surface area contributed by atoms with Gasteiger partial charge in [0, 0.05) is 24.7 Å². The lowest BCUT2D eigenvalue weighted by atomic mass is 10.1. The van der Waals surface area contributed by atoms with E-state index in [9.17, 15) is 14.4 Å². The van der Waals surface area contributed by atoms with Gasteiger partial charge in [-0.05, 0) is 63.2 Å². The Hall–Kier alpha value is -5.35. The highest BCUT2D eigenvalue weighted by Crippen LogP contribution is 2.38. The van der Waals surface area contributed by atoms with Gasteiger partial charge in [0.1, 0.15) is 30.3 Å². The van der Waals surface area contributed by atoms with Crippen molar-refractivity contribution >= 4 is 29.3 Å². The summed E-state index contributed by atoms with van der Waals surface area (Å²) in [7, 11) is 3.57. The Morgan fingerprint density at radius 3 is 1.62 bits per heavy atom. The summed E-state index contributed by atoms with van der Waals surface area (Å²) in [6.45, 7) is 8.73. The zero-order valence-corrected chi connectivity index (χ0v) is 30.2. The van der Waals surface area contributed by atoms with Crippen molar-refractivity contribution in [1.29, 1.82) is 0 Å². The van der Waals surface area contributed by atoms with Gasteiger partial charge in [0.15, 0.2) is 0 Å². The molecule has 0 radical (unpaired) electrons. The lowest BCUT2D eigenvalue weighted by molar-refractivity contribution is -0.118. The summed E-state index contributed by atoms with van der Waals surface area (Å²) in [5.74, 6) is 1.69. The Morgan fingerprint density at radius 1 is 0.712 bits per heavy atom. The maximum absolute atomic E-state index is 12.6. The highest BCUT2D eigenvalue weighted by molar-refractivity contribution is 6.03. The molecule has 4 aromatic carbocycles. The van der Waals surface area contributed by atoms with Gasteiger partial charge in [0.05, 0.1) is 43.9 Å². The first-order valence-electron chi connectivity index (χ1n) is 17.3. The average molecular weight is 709 g/mol. The van der Waals surface area contributed by atoms with Crippen LogP contribution in [0, 0.1) is 0 Å². The van der Waals surface area contributed by atoms with Crippen molar-refractivity contribution in [2.45, 2.75) is 59.7 Å². The molecule has 52 heavy (non-hydrogen) atoms. The first kappa shape index (κ1) is 39.4. The summed E-state index contributed by atoms with van der Waals surface area (Å²) in [4.78, 5) is 42.1. The minimum Gasteiger partial charge on any atom is -0.492 e. The van der Waals surface area contributed by atoms with E-state index >= 15 is 0 Å². The minimum absolute atomic E-state index is 0. The fourth-order valence-electron chi connectivity index (χ4n) is 5.87. The van der Waals surface area contributed by atoms with Crippen molar-refractivity contribution in [3.63, 3.8) is 0 Å². The molecule has 0 spiro atoms. The molecule has 0 aromatic heterocycles. The highest BCUT2D eigenvalue weighted by Gasteiger charge is 2.31. The largest absolute Gasteiger partial charge is 0.492 e. The lowest BCUT2D eigenvalue weighted by Crippen LogP contribution is -2.36. The molecule has 2 aliphatic rings. The number of carbonyl (C=O) groups excluding carboxylic acids is 3. The number of anilines is 2. The Kier molecular flexibility index (Phi) is 13.8. The maximum atomic E-state index is 12.6. The Bertz CT molecular complexity index is 1790. The van der Waals surface area contributed by atoms with Crippen LogP contribution in [-0.4, -0.2) is 68.8 Å². The maximum Gasteiger partial charge on any atom is 0.410 e. The fraction of sp³-hybridized carbons (Fsp3) is 0.357. The average Bonchev–Trinajstić information content (AvgIpc) is 3.60. The van der Waals surface area contributed by atoms with Crippen LogP contribution < -0.4 is 24.6 Å². The molecule has 0 saturated heterocycles. The van der Waals surface area contributed by atoms with Crippen molar-refractivity contribution < 1.29 is 28.6 Å². The summed E-state index contributed by atoms with van der Waals surface area (Å²) in [6, 6.07) is 31.6. The van der Waals surface area contributed by atoms with E-state index in [1.165, 1.54) is 4.90 Å². The predicted molar refractivity (Wildman–Crippen MR) is 206 cm³/mol. The normalized spacial score (nSPS) is 13.0. The van der Waals surface area contributed by atoms with Crippen LogP contribution in [0.15, 0.2) is 97.1 Å². The number of nitrogens with zero attached hydrogens (tertiary/aromatic N) is 3. The molecule has 10 heteroatoms. The smallest absolute Gasteiger partial charge is 0.410 e. The van der Waals surface area contributed by atoms with Gasteiger partial charge in [0.2, 0.25) is 11.8 Å². The number of amides is 3. The fourth-order valence-corrected chi connectivity index (χ4v) is 5.87. The molecule has 0 unspecified atom stereocenters. The van der Waals surface area contributed by atoms with Gasteiger partial charge >= 0.3 is 6.09 Å². The molecule has 4 aromatic rings. The SMILES string of the molecule is C.CN(CCOc1cccc2c1CC(=O)N2Cc1ccccc1)C(=O)OC(C)(C)C.CNCCOc1cccc2c1CC(=O)N2Cc1ccccc1. The third-order valence-corrected chi connectivity index (χ3v) is 8.42. The van der Waals surface area contributed by atoms with Crippen molar-refractivity contribution in [3.8, 4) is 11.5 Å². The number of fused-ring (bicyclic) bond motifs is 2. The van der Waals surface area contributed by atoms with E-state index in [1.807, 2.05) is 130 Å². The van der Waals surface area contributed by atoms with Crippen LogP contribution in [-0.2, 0) is 40.3 Å². The van der Waals surface area contributed by atoms with Crippen LogP contribution in [0.2, 0.25) is 0 Å². The lowest BCUT2D eigenvalue weighted by Gasteiger charge is -2.24. The van der Waals surface area contributed by atoms with Crippen LogP contribution in [0.25, 0.3) is 0 Å². The van der Waals surface area contributed by atoms with Crippen molar-refractivity contribution in [3.05, 3.63) is 119 Å². The molecule has 0 saturated carbocycles. The van der Waals surface area contributed by atoms with E-state index in [4.69, 9.17) is 14.2 Å². The van der Waals surface area contributed by atoms with E-state index in [0.717, 1.165) is 45.9 Å². The third-order valence-electron chi connectivity index (χ3n) is 8.42.